The number of amides is 1. The summed E-state index contributed by atoms with van der Waals surface area (Å²) in [6.45, 7) is 4.06. The first kappa shape index (κ1) is 16.4. The molecule has 3 nitrogen and oxygen atoms in total. The Bertz CT molecular complexity index is 805. The van der Waals surface area contributed by atoms with Crippen LogP contribution in [0.4, 0.5) is 0 Å². The quantitative estimate of drug-likeness (QED) is 0.808. The molecule has 4 bridgehead atoms. The number of hydrogen-bond acceptors (Lipinski definition) is 2. The van der Waals surface area contributed by atoms with E-state index in [1.807, 2.05) is 5.57 Å². The van der Waals surface area contributed by atoms with E-state index in [0.717, 1.165) is 24.2 Å². The fourth-order valence-corrected chi connectivity index (χ4v) is 7.36. The van der Waals surface area contributed by atoms with E-state index in [0.29, 0.717) is 6.04 Å². The topological polar surface area (TPSA) is 32.3 Å². The second kappa shape index (κ2) is 5.70. The van der Waals surface area contributed by atoms with Gasteiger partial charge in [0, 0.05) is 18.4 Å². The monoisotopic (exact) mass is 362 g/mol. The number of nitrogens with zero attached hydrogens (tertiary/aromatic N) is 1. The molecule has 0 radical (unpaired) electrons. The van der Waals surface area contributed by atoms with Crippen LogP contribution in [0.1, 0.15) is 62.6 Å². The lowest BCUT2D eigenvalue weighted by Crippen LogP contribution is -2.55. The van der Waals surface area contributed by atoms with E-state index in [-0.39, 0.29) is 17.4 Å². The molecule has 1 aromatic carbocycles. The van der Waals surface area contributed by atoms with Crippen molar-refractivity contribution in [2.24, 2.45) is 17.8 Å². The van der Waals surface area contributed by atoms with Crippen LogP contribution in [0.25, 0.3) is 0 Å². The van der Waals surface area contributed by atoms with Crippen LogP contribution in [0.15, 0.2) is 35.9 Å². The van der Waals surface area contributed by atoms with Gasteiger partial charge in [-0.15, -0.1) is 0 Å². The van der Waals surface area contributed by atoms with Gasteiger partial charge in [0.2, 0.25) is 5.91 Å². The fourth-order valence-electron chi connectivity index (χ4n) is 7.36. The molecule has 1 heterocycles. The molecule has 1 saturated heterocycles. The highest BCUT2D eigenvalue weighted by Gasteiger charge is 2.51. The van der Waals surface area contributed by atoms with Gasteiger partial charge >= 0.3 is 0 Å². The molecule has 7 aliphatic rings. The molecule has 4 atom stereocenters. The lowest BCUT2D eigenvalue weighted by atomic mass is 9.52. The predicted octanol–water partition coefficient (Wildman–Crippen LogP) is 3.96. The van der Waals surface area contributed by atoms with Crippen LogP contribution in [0.3, 0.4) is 0 Å². The first-order valence-corrected chi connectivity index (χ1v) is 11.0. The van der Waals surface area contributed by atoms with E-state index in [9.17, 15) is 4.79 Å². The third kappa shape index (κ3) is 2.33. The number of nitrogens with one attached hydrogen (secondary N) is 1. The van der Waals surface area contributed by atoms with Gasteiger partial charge in [-0.25, -0.2) is 0 Å². The zero-order valence-corrected chi connectivity index (χ0v) is 16.3. The minimum atomic E-state index is 0.0905. The molecule has 4 fully saturated rings. The Hall–Kier alpha value is -1.61. The van der Waals surface area contributed by atoms with Crippen LogP contribution in [0.2, 0.25) is 0 Å². The van der Waals surface area contributed by atoms with Crippen molar-refractivity contribution in [2.45, 2.75) is 62.9 Å². The summed E-state index contributed by atoms with van der Waals surface area (Å²) in [6, 6.07) is 9.77. The minimum Gasteiger partial charge on any atom is -0.349 e. The Morgan fingerprint density at radius 3 is 2.52 bits per heavy atom. The Morgan fingerprint density at radius 2 is 1.85 bits per heavy atom. The molecule has 1 aliphatic heterocycles. The van der Waals surface area contributed by atoms with Gasteiger partial charge in [0.05, 0.1) is 6.04 Å². The highest BCUT2D eigenvalue weighted by Crippen LogP contribution is 2.58. The van der Waals surface area contributed by atoms with E-state index in [2.05, 4.69) is 40.6 Å². The van der Waals surface area contributed by atoms with Gasteiger partial charge in [-0.05, 0) is 80.5 Å². The maximum atomic E-state index is 11.7. The van der Waals surface area contributed by atoms with Crippen molar-refractivity contribution in [2.75, 3.05) is 13.1 Å². The van der Waals surface area contributed by atoms with Crippen molar-refractivity contribution in [1.82, 2.24) is 10.2 Å². The zero-order valence-electron chi connectivity index (χ0n) is 16.3. The molecule has 6 aliphatic carbocycles. The molecule has 3 heteroatoms. The SMILES string of the molecule is CC(=O)N[C@H]1CC2(CCN(C3C=C4C5CC4CC3C5)CC2)c2ccccc21. The lowest BCUT2D eigenvalue weighted by Gasteiger charge is -2.57. The summed E-state index contributed by atoms with van der Waals surface area (Å²) in [7, 11) is 0. The van der Waals surface area contributed by atoms with Gasteiger partial charge in [-0.1, -0.05) is 35.9 Å². The second-order valence-corrected chi connectivity index (χ2v) is 9.88. The average molecular weight is 363 g/mol. The second-order valence-electron chi connectivity index (χ2n) is 9.88. The zero-order chi connectivity index (χ0) is 18.2. The summed E-state index contributed by atoms with van der Waals surface area (Å²) >= 11 is 0. The number of fused-ring (bicyclic) bond motifs is 3. The molecule has 8 rings (SSSR count). The normalized spacial score (nSPS) is 38.3. The largest absolute Gasteiger partial charge is 0.349 e. The Morgan fingerprint density at radius 1 is 1.11 bits per heavy atom. The minimum absolute atomic E-state index is 0.0905. The molecule has 1 spiro atoms. The molecule has 0 aromatic heterocycles. The Labute approximate surface area is 162 Å². The van der Waals surface area contributed by atoms with E-state index in [4.69, 9.17) is 0 Å². The number of benzene rings is 1. The van der Waals surface area contributed by atoms with Crippen LogP contribution in [0.5, 0.6) is 0 Å². The number of carbonyl (C=O) groups excluding carboxylic acids is 1. The number of piperidine rings is 1. The summed E-state index contributed by atoms with van der Waals surface area (Å²) in [4.78, 5) is 14.5. The van der Waals surface area contributed by atoms with E-state index in [1.54, 1.807) is 6.92 Å². The van der Waals surface area contributed by atoms with E-state index < -0.39 is 0 Å². The van der Waals surface area contributed by atoms with Crippen LogP contribution < -0.4 is 5.32 Å². The van der Waals surface area contributed by atoms with Crippen molar-refractivity contribution < 1.29 is 4.79 Å². The highest BCUT2D eigenvalue weighted by molar-refractivity contribution is 5.73. The van der Waals surface area contributed by atoms with Gasteiger partial charge in [0.25, 0.3) is 0 Å². The smallest absolute Gasteiger partial charge is 0.217 e. The summed E-state index contributed by atoms with van der Waals surface area (Å²) in [5.41, 5.74) is 4.95. The number of allylic oxidation sites excluding steroid dienone is 1. The number of carbonyl (C=O) groups is 1. The molecule has 3 saturated carbocycles. The molecule has 27 heavy (non-hydrogen) atoms. The fraction of sp³-hybridized carbons (Fsp3) is 0.625. The molecule has 142 valence electrons. The maximum Gasteiger partial charge on any atom is 0.217 e. The lowest BCUT2D eigenvalue weighted by molar-refractivity contribution is -0.119. The summed E-state index contributed by atoms with van der Waals surface area (Å²) in [5.74, 6) is 2.93. The number of rotatable bonds is 2. The highest BCUT2D eigenvalue weighted by atomic mass is 16.1. The molecular formula is C24H30N2O. The van der Waals surface area contributed by atoms with E-state index in [1.165, 1.54) is 56.3 Å². The van der Waals surface area contributed by atoms with Crippen molar-refractivity contribution >= 4 is 5.91 Å². The number of likely N-dealkylation sites (tertiary alicyclic amines) is 1. The van der Waals surface area contributed by atoms with Gasteiger partial charge in [-0.3, -0.25) is 9.69 Å². The van der Waals surface area contributed by atoms with Crippen LogP contribution in [-0.4, -0.2) is 29.9 Å². The van der Waals surface area contributed by atoms with Crippen molar-refractivity contribution in [3.05, 3.63) is 47.0 Å². The van der Waals surface area contributed by atoms with Gasteiger partial charge in [0.15, 0.2) is 0 Å². The van der Waals surface area contributed by atoms with Crippen molar-refractivity contribution in [3.8, 4) is 0 Å². The van der Waals surface area contributed by atoms with E-state index >= 15 is 0 Å². The van der Waals surface area contributed by atoms with Crippen LogP contribution in [-0.2, 0) is 10.2 Å². The third-order valence-corrected chi connectivity index (χ3v) is 8.59. The first-order valence-electron chi connectivity index (χ1n) is 11.0. The van der Waals surface area contributed by atoms with Gasteiger partial charge in [0.1, 0.15) is 0 Å². The molecule has 1 amide bonds. The van der Waals surface area contributed by atoms with Gasteiger partial charge < -0.3 is 5.32 Å². The predicted molar refractivity (Wildman–Crippen MR) is 106 cm³/mol. The summed E-state index contributed by atoms with van der Waals surface area (Å²) in [6.07, 6.45) is 10.6. The Balaban J connectivity index is 1.22. The van der Waals surface area contributed by atoms with Crippen LogP contribution in [0, 0.1) is 17.8 Å². The first-order chi connectivity index (χ1) is 13.1. The Kier molecular flexibility index (Phi) is 3.45. The molecule has 3 unspecified atom stereocenters. The van der Waals surface area contributed by atoms with Crippen molar-refractivity contribution in [3.63, 3.8) is 0 Å². The van der Waals surface area contributed by atoms with Crippen molar-refractivity contribution in [1.29, 1.82) is 0 Å². The summed E-state index contributed by atoms with van der Waals surface area (Å²) < 4.78 is 0. The maximum absolute atomic E-state index is 11.7. The average Bonchev–Trinajstić information content (AvgIpc) is 2.96. The van der Waals surface area contributed by atoms with Crippen LogP contribution >= 0.6 is 0 Å². The standard InChI is InChI=1S/C24H30N2O/c1-15(27)25-22-14-24(21-5-3-2-4-19(21)22)6-8-26(9-7-24)23-13-20-16-10-17(20)12-18(23)11-16/h2-5,13,16-18,22-23H,6-12,14H2,1H3,(H,25,27)/t16?,17?,18?,22-,23?/m0/s1. The third-order valence-electron chi connectivity index (χ3n) is 8.59. The molecule has 1 aromatic rings. The summed E-state index contributed by atoms with van der Waals surface area (Å²) in [5, 5.41) is 3.21. The van der Waals surface area contributed by atoms with Gasteiger partial charge in [-0.2, -0.15) is 0 Å². The molecule has 1 N–H and O–H groups in total. The number of hydrogen-bond donors (Lipinski definition) is 1. The molecular weight excluding hydrogens is 332 g/mol.